The van der Waals surface area contributed by atoms with Gasteiger partial charge in [0.2, 0.25) is 0 Å². The Balaban J connectivity index is 1.83. The molecule has 1 aliphatic rings. The van der Waals surface area contributed by atoms with Crippen molar-refractivity contribution in [3.05, 3.63) is 22.4 Å². The summed E-state index contributed by atoms with van der Waals surface area (Å²) in [6.45, 7) is 1.98. The lowest BCUT2D eigenvalue weighted by atomic mass is 10.2. The fourth-order valence-corrected chi connectivity index (χ4v) is 2.59. The Morgan fingerprint density at radius 3 is 2.44 bits per heavy atom. The van der Waals surface area contributed by atoms with E-state index < -0.39 is 12.1 Å². The minimum atomic E-state index is -4.75. The maximum atomic E-state index is 12.2. The number of piperazine rings is 1. The first kappa shape index (κ1) is 13.4. The summed E-state index contributed by atoms with van der Waals surface area (Å²) in [5.41, 5.74) is 1.16. The van der Waals surface area contributed by atoms with Gasteiger partial charge in [0.25, 0.3) is 0 Å². The minimum Gasteiger partial charge on any atom is -0.332 e. The Labute approximate surface area is 107 Å². The normalized spacial score (nSPS) is 18.1. The number of carbonyl (C=O) groups excluding carboxylic acids is 1. The quantitative estimate of drug-likeness (QED) is 0.825. The van der Waals surface area contributed by atoms with Crippen molar-refractivity contribution in [1.29, 1.82) is 0 Å². The zero-order chi connectivity index (χ0) is 13.2. The molecule has 1 amide bonds. The van der Waals surface area contributed by atoms with Crippen LogP contribution in [0.1, 0.15) is 5.56 Å². The van der Waals surface area contributed by atoms with E-state index in [0.717, 1.165) is 17.0 Å². The van der Waals surface area contributed by atoms with Crippen molar-refractivity contribution in [2.24, 2.45) is 0 Å². The van der Waals surface area contributed by atoms with E-state index in [1.807, 2.05) is 16.8 Å². The van der Waals surface area contributed by atoms with Gasteiger partial charge in [0.05, 0.1) is 0 Å². The van der Waals surface area contributed by atoms with Gasteiger partial charge in [-0.2, -0.15) is 24.5 Å². The molecule has 1 saturated heterocycles. The molecule has 0 spiro atoms. The summed E-state index contributed by atoms with van der Waals surface area (Å²) in [5, 5.41) is 3.99. The molecule has 100 valence electrons. The van der Waals surface area contributed by atoms with E-state index in [4.69, 9.17) is 0 Å². The van der Waals surface area contributed by atoms with Gasteiger partial charge in [-0.3, -0.25) is 9.69 Å². The average Bonchev–Trinajstić information content (AvgIpc) is 2.81. The molecule has 18 heavy (non-hydrogen) atoms. The summed E-state index contributed by atoms with van der Waals surface area (Å²) >= 11 is 1.60. The fraction of sp³-hybridized carbons (Fsp3) is 0.545. The SMILES string of the molecule is O=C(N1CCN(Cc2ccsc2)CC1)C(F)(F)F. The van der Waals surface area contributed by atoms with Crippen molar-refractivity contribution in [2.75, 3.05) is 26.2 Å². The molecule has 2 heterocycles. The van der Waals surface area contributed by atoms with Crippen molar-refractivity contribution in [3.8, 4) is 0 Å². The van der Waals surface area contributed by atoms with E-state index in [-0.39, 0.29) is 13.1 Å². The summed E-state index contributed by atoms with van der Waals surface area (Å²) in [6, 6.07) is 2.00. The molecule has 0 atom stereocenters. The molecule has 0 unspecified atom stereocenters. The van der Waals surface area contributed by atoms with Crippen LogP contribution >= 0.6 is 11.3 Å². The molecule has 0 aromatic carbocycles. The predicted octanol–water partition coefficient (Wildman–Crippen LogP) is 1.95. The molecule has 0 bridgehead atoms. The van der Waals surface area contributed by atoms with E-state index in [1.54, 1.807) is 11.3 Å². The number of thiophene rings is 1. The molecule has 2 rings (SSSR count). The third-order valence-corrected chi connectivity index (χ3v) is 3.62. The highest BCUT2D eigenvalue weighted by Gasteiger charge is 2.43. The third kappa shape index (κ3) is 3.23. The van der Waals surface area contributed by atoms with Gasteiger partial charge in [0, 0.05) is 32.7 Å². The average molecular weight is 278 g/mol. The van der Waals surface area contributed by atoms with Crippen LogP contribution in [0.2, 0.25) is 0 Å². The molecule has 1 fully saturated rings. The molecule has 0 N–H and O–H groups in total. The summed E-state index contributed by atoms with van der Waals surface area (Å²) in [6.07, 6.45) is -4.75. The monoisotopic (exact) mass is 278 g/mol. The van der Waals surface area contributed by atoms with Gasteiger partial charge >= 0.3 is 12.1 Å². The second-order valence-electron chi connectivity index (χ2n) is 4.20. The molecule has 1 aromatic rings. The van der Waals surface area contributed by atoms with Crippen LogP contribution in [-0.4, -0.2) is 48.1 Å². The van der Waals surface area contributed by atoms with Gasteiger partial charge in [0.1, 0.15) is 0 Å². The number of amides is 1. The van der Waals surface area contributed by atoms with Crippen molar-refractivity contribution in [1.82, 2.24) is 9.80 Å². The number of halogens is 3. The van der Waals surface area contributed by atoms with Crippen LogP contribution < -0.4 is 0 Å². The first-order valence-corrected chi connectivity index (χ1v) is 6.50. The Morgan fingerprint density at radius 2 is 1.94 bits per heavy atom. The lowest BCUT2D eigenvalue weighted by Crippen LogP contribution is -2.51. The van der Waals surface area contributed by atoms with Crippen LogP contribution in [-0.2, 0) is 11.3 Å². The Morgan fingerprint density at radius 1 is 1.28 bits per heavy atom. The maximum absolute atomic E-state index is 12.2. The van der Waals surface area contributed by atoms with E-state index >= 15 is 0 Å². The second kappa shape index (κ2) is 5.27. The van der Waals surface area contributed by atoms with E-state index in [9.17, 15) is 18.0 Å². The lowest BCUT2D eigenvalue weighted by molar-refractivity contribution is -0.187. The summed E-state index contributed by atoms with van der Waals surface area (Å²) in [7, 11) is 0. The number of hydrogen-bond acceptors (Lipinski definition) is 3. The summed E-state index contributed by atoms with van der Waals surface area (Å²) in [5.74, 6) is -1.72. The third-order valence-electron chi connectivity index (χ3n) is 2.89. The van der Waals surface area contributed by atoms with Gasteiger partial charge in [-0.05, 0) is 22.4 Å². The van der Waals surface area contributed by atoms with Crippen LogP contribution in [0.5, 0.6) is 0 Å². The van der Waals surface area contributed by atoms with E-state index in [1.165, 1.54) is 0 Å². The Bertz CT molecular complexity index is 397. The number of hydrogen-bond donors (Lipinski definition) is 0. The minimum absolute atomic E-state index is 0.141. The smallest absolute Gasteiger partial charge is 0.332 e. The lowest BCUT2D eigenvalue weighted by Gasteiger charge is -2.34. The number of rotatable bonds is 2. The summed E-state index contributed by atoms with van der Waals surface area (Å²) < 4.78 is 36.7. The largest absolute Gasteiger partial charge is 0.471 e. The molecule has 0 saturated carbocycles. The van der Waals surface area contributed by atoms with Gasteiger partial charge in [0.15, 0.2) is 0 Å². The molecule has 1 aromatic heterocycles. The second-order valence-corrected chi connectivity index (χ2v) is 4.98. The van der Waals surface area contributed by atoms with Crippen molar-refractivity contribution in [2.45, 2.75) is 12.7 Å². The maximum Gasteiger partial charge on any atom is 0.471 e. The van der Waals surface area contributed by atoms with Crippen LogP contribution in [0.15, 0.2) is 16.8 Å². The Kier molecular flexibility index (Phi) is 3.91. The highest BCUT2D eigenvalue weighted by atomic mass is 32.1. The van der Waals surface area contributed by atoms with E-state index in [0.29, 0.717) is 13.1 Å². The first-order chi connectivity index (χ1) is 8.47. The molecule has 7 heteroatoms. The molecule has 0 radical (unpaired) electrons. The Hall–Kier alpha value is -1.08. The number of nitrogens with zero attached hydrogens (tertiary/aromatic N) is 2. The zero-order valence-electron chi connectivity index (χ0n) is 9.61. The van der Waals surface area contributed by atoms with Crippen LogP contribution in [0.4, 0.5) is 13.2 Å². The summed E-state index contributed by atoms with van der Waals surface area (Å²) in [4.78, 5) is 14.0. The predicted molar refractivity (Wildman–Crippen MR) is 62.2 cm³/mol. The highest BCUT2D eigenvalue weighted by molar-refractivity contribution is 7.07. The van der Waals surface area contributed by atoms with Crippen LogP contribution in [0.3, 0.4) is 0 Å². The standard InChI is InChI=1S/C11H13F3N2OS/c12-11(13,14)10(17)16-4-2-15(3-5-16)7-9-1-6-18-8-9/h1,6,8H,2-5,7H2. The van der Waals surface area contributed by atoms with Crippen LogP contribution in [0.25, 0.3) is 0 Å². The first-order valence-electron chi connectivity index (χ1n) is 5.56. The van der Waals surface area contributed by atoms with Crippen molar-refractivity contribution >= 4 is 17.2 Å². The van der Waals surface area contributed by atoms with Crippen molar-refractivity contribution < 1.29 is 18.0 Å². The number of alkyl halides is 3. The molecular weight excluding hydrogens is 265 g/mol. The molecule has 3 nitrogen and oxygen atoms in total. The van der Waals surface area contributed by atoms with Gasteiger partial charge < -0.3 is 4.90 Å². The fourth-order valence-electron chi connectivity index (χ4n) is 1.93. The molecular formula is C11H13F3N2OS. The van der Waals surface area contributed by atoms with Crippen molar-refractivity contribution in [3.63, 3.8) is 0 Å². The van der Waals surface area contributed by atoms with Gasteiger partial charge in [-0.1, -0.05) is 0 Å². The van der Waals surface area contributed by atoms with Gasteiger partial charge in [-0.15, -0.1) is 0 Å². The number of carbonyl (C=O) groups is 1. The highest BCUT2D eigenvalue weighted by Crippen LogP contribution is 2.20. The zero-order valence-corrected chi connectivity index (χ0v) is 10.4. The van der Waals surface area contributed by atoms with E-state index in [2.05, 4.69) is 4.90 Å². The molecule has 0 aliphatic carbocycles. The topological polar surface area (TPSA) is 23.6 Å². The van der Waals surface area contributed by atoms with Gasteiger partial charge in [-0.25, -0.2) is 0 Å². The van der Waals surface area contributed by atoms with Crippen LogP contribution in [0, 0.1) is 0 Å². The molecule has 1 aliphatic heterocycles.